The Morgan fingerprint density at radius 3 is 2.79 bits per heavy atom. The SMILES string of the molecule is C=C1C=C(C(=O)NCc2ccc(O)cc2-c2cccc(C3(C)N=C(N)C(C)C3=O)c2)C=CN1. The molecule has 5 N–H and O–H groups in total. The number of dihydropyridines is 1. The van der Waals surface area contributed by atoms with Gasteiger partial charge in [0.2, 0.25) is 0 Å². The second-order valence-corrected chi connectivity index (χ2v) is 8.40. The van der Waals surface area contributed by atoms with Crippen molar-refractivity contribution < 1.29 is 14.7 Å². The summed E-state index contributed by atoms with van der Waals surface area (Å²) in [4.78, 5) is 29.9. The average molecular weight is 443 g/mol. The molecule has 0 aromatic heterocycles. The van der Waals surface area contributed by atoms with Gasteiger partial charge in [-0.05, 0) is 66.5 Å². The third kappa shape index (κ3) is 4.17. The molecule has 0 spiro atoms. The summed E-state index contributed by atoms with van der Waals surface area (Å²) >= 11 is 0. The maximum Gasteiger partial charge on any atom is 0.251 e. The molecule has 2 aliphatic rings. The first-order valence-corrected chi connectivity index (χ1v) is 10.6. The van der Waals surface area contributed by atoms with E-state index in [4.69, 9.17) is 5.73 Å². The molecule has 2 aromatic carbocycles. The second-order valence-electron chi connectivity index (χ2n) is 8.40. The summed E-state index contributed by atoms with van der Waals surface area (Å²) in [7, 11) is 0. The van der Waals surface area contributed by atoms with E-state index >= 15 is 0 Å². The Morgan fingerprint density at radius 1 is 1.30 bits per heavy atom. The number of ketones is 1. The fraction of sp³-hybridized carbons (Fsp3) is 0.192. The van der Waals surface area contributed by atoms with Crippen LogP contribution in [0.2, 0.25) is 0 Å². The lowest BCUT2D eigenvalue weighted by atomic mass is 9.84. The van der Waals surface area contributed by atoms with Crippen molar-refractivity contribution in [2.75, 3.05) is 0 Å². The minimum atomic E-state index is -1.05. The number of benzene rings is 2. The molecule has 2 unspecified atom stereocenters. The number of amidine groups is 1. The number of carbonyl (C=O) groups is 2. The third-order valence-electron chi connectivity index (χ3n) is 6.06. The van der Waals surface area contributed by atoms with Crippen molar-refractivity contribution in [3.05, 3.63) is 89.8 Å². The number of aliphatic imine (C=N–C) groups is 1. The Kier molecular flexibility index (Phi) is 5.64. The molecule has 33 heavy (non-hydrogen) atoms. The van der Waals surface area contributed by atoms with Crippen LogP contribution >= 0.6 is 0 Å². The lowest BCUT2D eigenvalue weighted by Crippen LogP contribution is -2.31. The number of carbonyl (C=O) groups excluding carboxylic acids is 2. The molecular formula is C26H26N4O3. The van der Waals surface area contributed by atoms with Gasteiger partial charge >= 0.3 is 0 Å². The number of nitrogens with two attached hydrogens (primary N) is 1. The van der Waals surface area contributed by atoms with Crippen molar-refractivity contribution in [1.82, 2.24) is 10.6 Å². The highest BCUT2D eigenvalue weighted by Crippen LogP contribution is 2.37. The number of nitrogens with zero attached hydrogens (tertiary/aromatic N) is 1. The van der Waals surface area contributed by atoms with Gasteiger partial charge in [0.15, 0.2) is 5.78 Å². The number of hydrogen-bond acceptors (Lipinski definition) is 6. The van der Waals surface area contributed by atoms with Crippen molar-refractivity contribution in [2.24, 2.45) is 16.6 Å². The van der Waals surface area contributed by atoms with Gasteiger partial charge in [0, 0.05) is 24.0 Å². The molecule has 0 aliphatic carbocycles. The lowest BCUT2D eigenvalue weighted by molar-refractivity contribution is -0.124. The van der Waals surface area contributed by atoms with Crippen molar-refractivity contribution in [1.29, 1.82) is 0 Å². The van der Waals surface area contributed by atoms with Gasteiger partial charge in [0.05, 0.1) is 5.92 Å². The Bertz CT molecular complexity index is 1260. The minimum absolute atomic E-state index is 0.0505. The maximum atomic E-state index is 12.9. The average Bonchev–Trinajstić information content (AvgIpc) is 3.01. The first-order chi connectivity index (χ1) is 15.7. The number of rotatable bonds is 5. The van der Waals surface area contributed by atoms with E-state index in [0.717, 1.165) is 22.3 Å². The van der Waals surface area contributed by atoms with E-state index in [2.05, 4.69) is 22.2 Å². The molecule has 0 saturated heterocycles. The van der Waals surface area contributed by atoms with Gasteiger partial charge in [0.25, 0.3) is 5.91 Å². The monoisotopic (exact) mass is 442 g/mol. The highest BCUT2D eigenvalue weighted by atomic mass is 16.3. The van der Waals surface area contributed by atoms with Crippen LogP contribution in [0.4, 0.5) is 0 Å². The van der Waals surface area contributed by atoms with E-state index in [-0.39, 0.29) is 24.0 Å². The number of amides is 1. The van der Waals surface area contributed by atoms with Gasteiger partial charge in [-0.3, -0.25) is 14.6 Å². The van der Waals surface area contributed by atoms with E-state index in [1.165, 1.54) is 0 Å². The molecule has 2 heterocycles. The predicted molar refractivity (Wildman–Crippen MR) is 128 cm³/mol. The molecular weight excluding hydrogens is 416 g/mol. The summed E-state index contributed by atoms with van der Waals surface area (Å²) in [6, 6.07) is 12.5. The standard InChI is InChI=1S/C26H26N4O3/c1-15-11-18(9-10-28-15)25(33)29-14-19-7-8-21(31)13-22(19)17-5-4-6-20(12-17)26(3)23(32)16(2)24(27)30-26/h4-13,16,28,31H,1,14H2,2-3H3,(H2,27,30)(H,29,33). The number of Topliss-reactive ketones (excluding diaryl/α,β-unsaturated/α-hetero) is 1. The third-order valence-corrected chi connectivity index (χ3v) is 6.06. The second kappa shape index (κ2) is 8.43. The largest absolute Gasteiger partial charge is 0.508 e. The van der Waals surface area contributed by atoms with Crippen molar-refractivity contribution in [2.45, 2.75) is 25.9 Å². The Hall–Kier alpha value is -4.13. The molecule has 2 aromatic rings. The molecule has 0 bridgehead atoms. The zero-order valence-electron chi connectivity index (χ0n) is 18.6. The molecule has 0 saturated carbocycles. The highest BCUT2D eigenvalue weighted by Gasteiger charge is 2.44. The number of hydrogen-bond donors (Lipinski definition) is 4. The Labute approximate surface area is 192 Å². The molecule has 4 rings (SSSR count). The predicted octanol–water partition coefficient (Wildman–Crippen LogP) is 3.02. The summed E-state index contributed by atoms with van der Waals surface area (Å²) in [5, 5.41) is 16.0. The minimum Gasteiger partial charge on any atom is -0.508 e. The number of aromatic hydroxyl groups is 1. The smallest absolute Gasteiger partial charge is 0.251 e. The lowest BCUT2D eigenvalue weighted by Gasteiger charge is -2.21. The number of phenols is 1. The van der Waals surface area contributed by atoms with Gasteiger partial charge in [0.1, 0.15) is 17.1 Å². The summed E-state index contributed by atoms with van der Waals surface area (Å²) in [6.07, 6.45) is 5.01. The van der Waals surface area contributed by atoms with Crippen LogP contribution in [-0.4, -0.2) is 22.6 Å². The van der Waals surface area contributed by atoms with Crippen molar-refractivity contribution in [3.63, 3.8) is 0 Å². The summed E-state index contributed by atoms with van der Waals surface area (Å²) in [5.74, 6) is -0.281. The fourth-order valence-corrected chi connectivity index (χ4v) is 4.08. The zero-order chi connectivity index (χ0) is 23.8. The van der Waals surface area contributed by atoms with Crippen molar-refractivity contribution >= 4 is 17.5 Å². The van der Waals surface area contributed by atoms with Crippen LogP contribution in [0.25, 0.3) is 11.1 Å². The van der Waals surface area contributed by atoms with Gasteiger partial charge < -0.3 is 21.5 Å². The topological polar surface area (TPSA) is 117 Å². The van der Waals surface area contributed by atoms with Crippen LogP contribution in [0, 0.1) is 5.92 Å². The van der Waals surface area contributed by atoms with Crippen LogP contribution in [0.1, 0.15) is 25.0 Å². The van der Waals surface area contributed by atoms with E-state index in [9.17, 15) is 14.7 Å². The quantitative estimate of drug-likeness (QED) is 0.568. The molecule has 2 atom stereocenters. The van der Waals surface area contributed by atoms with Gasteiger partial charge in [-0.1, -0.05) is 30.8 Å². The molecule has 7 nitrogen and oxygen atoms in total. The van der Waals surface area contributed by atoms with Crippen LogP contribution in [-0.2, 0) is 21.7 Å². The van der Waals surface area contributed by atoms with Gasteiger partial charge in [-0.25, -0.2) is 0 Å². The Balaban J connectivity index is 1.64. The summed E-state index contributed by atoms with van der Waals surface area (Å²) in [6.45, 7) is 7.58. The highest BCUT2D eigenvalue weighted by molar-refractivity contribution is 6.12. The molecule has 168 valence electrons. The normalized spacial score (nSPS) is 21.9. The summed E-state index contributed by atoms with van der Waals surface area (Å²) in [5.41, 5.74) is 9.11. The first-order valence-electron chi connectivity index (χ1n) is 10.6. The van der Waals surface area contributed by atoms with Gasteiger partial charge in [-0.2, -0.15) is 0 Å². The summed E-state index contributed by atoms with van der Waals surface area (Å²) < 4.78 is 0. The maximum absolute atomic E-state index is 12.9. The van der Waals surface area contributed by atoms with E-state index in [0.29, 0.717) is 17.1 Å². The fourth-order valence-electron chi connectivity index (χ4n) is 4.08. The number of phenolic OH excluding ortho intramolecular Hbond substituents is 1. The van der Waals surface area contributed by atoms with Gasteiger partial charge in [-0.15, -0.1) is 0 Å². The first kappa shape index (κ1) is 22.1. The van der Waals surface area contributed by atoms with Crippen LogP contribution < -0.4 is 16.4 Å². The van der Waals surface area contributed by atoms with E-state index < -0.39 is 11.5 Å². The molecule has 0 fully saturated rings. The zero-order valence-corrected chi connectivity index (χ0v) is 18.6. The Morgan fingerprint density at radius 2 is 2.09 bits per heavy atom. The number of allylic oxidation sites excluding steroid dienone is 1. The van der Waals surface area contributed by atoms with E-state index in [1.807, 2.05) is 24.3 Å². The molecule has 0 radical (unpaired) electrons. The van der Waals surface area contributed by atoms with Crippen LogP contribution in [0.5, 0.6) is 5.75 Å². The van der Waals surface area contributed by atoms with Crippen LogP contribution in [0.3, 0.4) is 0 Å². The molecule has 7 heteroatoms. The molecule has 1 amide bonds. The van der Waals surface area contributed by atoms with E-state index in [1.54, 1.807) is 50.4 Å². The number of nitrogens with one attached hydrogen (secondary N) is 2. The van der Waals surface area contributed by atoms with Crippen LogP contribution in [0.15, 0.2) is 83.7 Å². The van der Waals surface area contributed by atoms with Crippen molar-refractivity contribution in [3.8, 4) is 16.9 Å². The molecule has 2 aliphatic heterocycles.